The van der Waals surface area contributed by atoms with Crippen molar-refractivity contribution >= 4 is 34.8 Å². The average Bonchev–Trinajstić information content (AvgIpc) is 2.65. The molecule has 1 aromatic heterocycles. The number of carbonyl (C=O) groups is 1. The third-order valence-electron chi connectivity index (χ3n) is 3.83. The Kier molecular flexibility index (Phi) is 4.57. The summed E-state index contributed by atoms with van der Waals surface area (Å²) in [5.74, 6) is 0.655. The molecule has 0 atom stereocenters. The zero-order valence-electron chi connectivity index (χ0n) is 13.6. The maximum atomic E-state index is 11.1. The van der Waals surface area contributed by atoms with Crippen molar-refractivity contribution in [2.45, 2.75) is 0 Å². The maximum Gasteiger partial charge on any atom is 0.213 e. The lowest BCUT2D eigenvalue weighted by molar-refractivity contribution is -0.107. The molecule has 0 spiro atoms. The summed E-state index contributed by atoms with van der Waals surface area (Å²) in [6, 6.07) is 19.6. The van der Waals surface area contributed by atoms with Crippen LogP contribution in [0.4, 0.5) is 5.69 Å². The number of amides is 1. The van der Waals surface area contributed by atoms with Crippen LogP contribution >= 0.6 is 0 Å². The second-order valence-corrected chi connectivity index (χ2v) is 5.37. The largest absolute Gasteiger partial charge is 0.496 e. The monoisotopic (exact) mass is 318 g/mol. The number of ether oxygens (including phenoxy) is 1. The van der Waals surface area contributed by atoms with Crippen LogP contribution in [0.1, 0.15) is 11.3 Å². The van der Waals surface area contributed by atoms with Crippen molar-refractivity contribution in [1.82, 2.24) is 4.98 Å². The van der Waals surface area contributed by atoms with Gasteiger partial charge in [0.15, 0.2) is 0 Å². The topological polar surface area (TPSA) is 42.4 Å². The fourth-order valence-corrected chi connectivity index (χ4v) is 2.59. The molecular formula is C20H18N2O2. The number of methoxy groups -OCH3 is 1. The smallest absolute Gasteiger partial charge is 0.213 e. The molecule has 3 aromatic rings. The van der Waals surface area contributed by atoms with Gasteiger partial charge in [-0.05, 0) is 24.3 Å². The highest BCUT2D eigenvalue weighted by Gasteiger charge is 2.11. The number of pyridine rings is 1. The SMILES string of the molecule is CO/C(=C\c1ccc2ccccc2n1)c1ccccc1N(C)C=O. The van der Waals surface area contributed by atoms with Crippen molar-refractivity contribution in [3.05, 3.63) is 71.9 Å². The fraction of sp³-hybridized carbons (Fsp3) is 0.100. The van der Waals surface area contributed by atoms with Gasteiger partial charge in [-0.2, -0.15) is 0 Å². The second kappa shape index (κ2) is 6.96. The molecule has 0 bridgehead atoms. The van der Waals surface area contributed by atoms with E-state index < -0.39 is 0 Å². The highest BCUT2D eigenvalue weighted by Crippen LogP contribution is 2.28. The molecule has 1 heterocycles. The van der Waals surface area contributed by atoms with Crippen molar-refractivity contribution in [1.29, 1.82) is 0 Å². The minimum absolute atomic E-state index is 0.655. The fourth-order valence-electron chi connectivity index (χ4n) is 2.59. The number of hydrogen-bond donors (Lipinski definition) is 0. The number of benzene rings is 2. The molecule has 24 heavy (non-hydrogen) atoms. The van der Waals surface area contributed by atoms with Gasteiger partial charge in [0.25, 0.3) is 0 Å². The Balaban J connectivity index is 2.07. The summed E-state index contributed by atoms with van der Waals surface area (Å²) in [5.41, 5.74) is 3.35. The van der Waals surface area contributed by atoms with Gasteiger partial charge in [-0.3, -0.25) is 4.79 Å². The third-order valence-corrected chi connectivity index (χ3v) is 3.83. The second-order valence-electron chi connectivity index (χ2n) is 5.37. The van der Waals surface area contributed by atoms with Crippen LogP contribution in [0.25, 0.3) is 22.7 Å². The van der Waals surface area contributed by atoms with Crippen molar-refractivity contribution < 1.29 is 9.53 Å². The van der Waals surface area contributed by atoms with E-state index in [9.17, 15) is 4.79 Å². The number of fused-ring (bicyclic) bond motifs is 1. The van der Waals surface area contributed by atoms with Gasteiger partial charge in [0.2, 0.25) is 6.41 Å². The molecule has 0 unspecified atom stereocenters. The highest BCUT2D eigenvalue weighted by molar-refractivity contribution is 5.88. The van der Waals surface area contributed by atoms with Crippen molar-refractivity contribution in [3.8, 4) is 0 Å². The molecule has 0 aliphatic rings. The quantitative estimate of drug-likeness (QED) is 0.528. The summed E-state index contributed by atoms with van der Waals surface area (Å²) < 4.78 is 5.57. The van der Waals surface area contributed by atoms with Crippen LogP contribution in [0.3, 0.4) is 0 Å². The van der Waals surface area contributed by atoms with E-state index in [1.807, 2.05) is 66.7 Å². The normalized spacial score (nSPS) is 11.3. The van der Waals surface area contributed by atoms with Crippen LogP contribution in [0.15, 0.2) is 60.7 Å². The minimum atomic E-state index is 0.655. The van der Waals surface area contributed by atoms with E-state index in [0.717, 1.165) is 34.3 Å². The molecule has 0 saturated carbocycles. The summed E-state index contributed by atoms with van der Waals surface area (Å²) >= 11 is 0. The number of anilines is 1. The van der Waals surface area contributed by atoms with Crippen molar-refractivity contribution in [3.63, 3.8) is 0 Å². The molecule has 0 radical (unpaired) electrons. The van der Waals surface area contributed by atoms with Gasteiger partial charge >= 0.3 is 0 Å². The Labute approximate surface area is 141 Å². The van der Waals surface area contributed by atoms with Crippen LogP contribution in [0.2, 0.25) is 0 Å². The predicted molar refractivity (Wildman–Crippen MR) is 97.5 cm³/mol. The Morgan fingerprint density at radius 2 is 1.79 bits per heavy atom. The third kappa shape index (κ3) is 3.13. The molecule has 0 aliphatic heterocycles. The minimum Gasteiger partial charge on any atom is -0.496 e. The molecule has 0 fully saturated rings. The first kappa shape index (κ1) is 15.7. The van der Waals surface area contributed by atoms with E-state index in [4.69, 9.17) is 4.74 Å². The van der Waals surface area contributed by atoms with Crippen LogP contribution < -0.4 is 4.90 Å². The zero-order valence-corrected chi connectivity index (χ0v) is 13.6. The lowest BCUT2D eigenvalue weighted by atomic mass is 10.1. The van der Waals surface area contributed by atoms with Gasteiger partial charge in [0.05, 0.1) is 24.0 Å². The Bertz CT molecular complexity index is 903. The van der Waals surface area contributed by atoms with Gasteiger partial charge < -0.3 is 9.64 Å². The molecule has 0 N–H and O–H groups in total. The summed E-state index contributed by atoms with van der Waals surface area (Å²) in [6.07, 6.45) is 2.66. The highest BCUT2D eigenvalue weighted by atomic mass is 16.5. The van der Waals surface area contributed by atoms with Gasteiger partial charge in [0, 0.05) is 24.1 Å². The first-order valence-corrected chi connectivity index (χ1v) is 7.62. The molecule has 1 amide bonds. The Morgan fingerprint density at radius 1 is 1.04 bits per heavy atom. The molecule has 4 nitrogen and oxygen atoms in total. The summed E-state index contributed by atoms with van der Waals surface area (Å²) in [5, 5.41) is 1.09. The zero-order chi connectivity index (χ0) is 16.9. The van der Waals surface area contributed by atoms with Crippen molar-refractivity contribution in [2.75, 3.05) is 19.1 Å². The summed E-state index contributed by atoms with van der Waals surface area (Å²) in [4.78, 5) is 17.3. The molecule has 3 rings (SSSR count). The predicted octanol–water partition coefficient (Wildman–Crippen LogP) is 3.97. The van der Waals surface area contributed by atoms with Gasteiger partial charge in [0.1, 0.15) is 5.76 Å². The number of carbonyl (C=O) groups excluding carboxylic acids is 1. The number of para-hydroxylation sites is 2. The number of nitrogens with zero attached hydrogens (tertiary/aromatic N) is 2. The standard InChI is InChI=1S/C20H18N2O2/c1-22(14-23)19-10-6-4-8-17(19)20(24-2)13-16-12-11-15-7-3-5-9-18(15)21-16/h3-14H,1-2H3/b20-13-. The lowest BCUT2D eigenvalue weighted by Gasteiger charge is -2.17. The lowest BCUT2D eigenvalue weighted by Crippen LogP contribution is -2.15. The van der Waals surface area contributed by atoms with E-state index in [1.54, 1.807) is 14.2 Å². The Morgan fingerprint density at radius 3 is 2.58 bits per heavy atom. The molecule has 2 aromatic carbocycles. The van der Waals surface area contributed by atoms with Gasteiger partial charge in [-0.1, -0.05) is 36.4 Å². The first-order valence-electron chi connectivity index (χ1n) is 7.62. The number of aromatic nitrogens is 1. The van der Waals surface area contributed by atoms with Crippen molar-refractivity contribution in [2.24, 2.45) is 0 Å². The molecule has 0 saturated heterocycles. The van der Waals surface area contributed by atoms with Gasteiger partial charge in [-0.25, -0.2) is 4.98 Å². The molecule has 4 heteroatoms. The van der Waals surface area contributed by atoms with Gasteiger partial charge in [-0.15, -0.1) is 0 Å². The maximum absolute atomic E-state index is 11.1. The van der Waals surface area contributed by atoms with E-state index in [2.05, 4.69) is 4.98 Å². The van der Waals surface area contributed by atoms with Crippen LogP contribution in [-0.2, 0) is 9.53 Å². The van der Waals surface area contributed by atoms with E-state index in [-0.39, 0.29) is 0 Å². The van der Waals surface area contributed by atoms with Crippen LogP contribution in [0, 0.1) is 0 Å². The number of hydrogen-bond acceptors (Lipinski definition) is 3. The molecule has 0 aliphatic carbocycles. The summed E-state index contributed by atoms with van der Waals surface area (Å²) in [7, 11) is 3.33. The van der Waals surface area contributed by atoms with Crippen LogP contribution in [0.5, 0.6) is 0 Å². The molecular weight excluding hydrogens is 300 g/mol. The van der Waals surface area contributed by atoms with E-state index >= 15 is 0 Å². The summed E-state index contributed by atoms with van der Waals surface area (Å²) in [6.45, 7) is 0. The Hall–Kier alpha value is -3.14. The first-order chi connectivity index (χ1) is 11.7. The van der Waals surface area contributed by atoms with Crippen LogP contribution in [-0.4, -0.2) is 25.6 Å². The molecule has 120 valence electrons. The average molecular weight is 318 g/mol. The number of rotatable bonds is 5. The van der Waals surface area contributed by atoms with E-state index in [1.165, 1.54) is 4.90 Å². The van der Waals surface area contributed by atoms with E-state index in [0.29, 0.717) is 5.76 Å².